The van der Waals surface area contributed by atoms with E-state index in [1.165, 1.54) is 17.1 Å². The van der Waals surface area contributed by atoms with Crippen LogP contribution in [0.25, 0.3) is 0 Å². The molecule has 8 heteroatoms. The Hall–Kier alpha value is -3.03. The first-order valence-electron chi connectivity index (χ1n) is 8.42. The van der Waals surface area contributed by atoms with Gasteiger partial charge in [-0.2, -0.15) is 13.2 Å². The molecule has 27 heavy (non-hydrogen) atoms. The van der Waals surface area contributed by atoms with Crippen LogP contribution in [0.2, 0.25) is 0 Å². The molecule has 2 heterocycles. The molecule has 0 radical (unpaired) electrons. The molecule has 0 bridgehead atoms. The Labute approximate surface area is 153 Å². The summed E-state index contributed by atoms with van der Waals surface area (Å²) >= 11 is 0. The monoisotopic (exact) mass is 375 g/mol. The molecule has 1 saturated heterocycles. The summed E-state index contributed by atoms with van der Waals surface area (Å²) in [5.74, 6) is -0.523. The number of hydrogen-bond acceptors (Lipinski definition) is 3. The van der Waals surface area contributed by atoms with Gasteiger partial charge in [0.25, 0.3) is 5.91 Å². The minimum atomic E-state index is -4.49. The van der Waals surface area contributed by atoms with Gasteiger partial charge in [0.15, 0.2) is 0 Å². The van der Waals surface area contributed by atoms with Gasteiger partial charge in [0, 0.05) is 12.8 Å². The standard InChI is InChI=1S/C19H16F3N3O2/c1-18-10-9-16(26)24(18)15-8-3-2-7-14(15)17(27)25(18)23-13-6-4-5-12(11-13)19(20,21)22/h2-8,11,23H,9-10H2,1H3. The summed E-state index contributed by atoms with van der Waals surface area (Å²) in [5, 5.41) is 1.26. The van der Waals surface area contributed by atoms with Crippen molar-refractivity contribution in [2.24, 2.45) is 0 Å². The number of alkyl halides is 3. The maximum atomic E-state index is 13.1. The van der Waals surface area contributed by atoms with Crippen LogP contribution in [0, 0.1) is 0 Å². The highest BCUT2D eigenvalue weighted by Crippen LogP contribution is 2.44. The number of benzene rings is 2. The third kappa shape index (κ3) is 2.63. The number of carbonyl (C=O) groups excluding carboxylic acids is 2. The molecule has 0 spiro atoms. The number of para-hydroxylation sites is 1. The predicted molar refractivity (Wildman–Crippen MR) is 92.8 cm³/mol. The predicted octanol–water partition coefficient (Wildman–Crippen LogP) is 4.03. The smallest absolute Gasteiger partial charge is 0.294 e. The molecule has 1 unspecified atom stereocenters. The highest BCUT2D eigenvalue weighted by molar-refractivity contribution is 6.10. The normalized spacial score (nSPS) is 21.9. The van der Waals surface area contributed by atoms with Gasteiger partial charge in [-0.15, -0.1) is 0 Å². The fourth-order valence-corrected chi connectivity index (χ4v) is 3.70. The minimum Gasteiger partial charge on any atom is -0.294 e. The maximum absolute atomic E-state index is 13.1. The van der Waals surface area contributed by atoms with E-state index in [0.717, 1.165) is 12.1 Å². The van der Waals surface area contributed by atoms with Crippen molar-refractivity contribution < 1.29 is 22.8 Å². The van der Waals surface area contributed by atoms with Crippen LogP contribution in [-0.4, -0.2) is 22.5 Å². The zero-order valence-corrected chi connectivity index (χ0v) is 14.4. The van der Waals surface area contributed by atoms with Crippen molar-refractivity contribution in [3.63, 3.8) is 0 Å². The lowest BCUT2D eigenvalue weighted by atomic mass is 10.0. The first-order valence-corrected chi connectivity index (χ1v) is 8.42. The summed E-state index contributed by atoms with van der Waals surface area (Å²) in [6.45, 7) is 1.73. The zero-order chi connectivity index (χ0) is 19.4. The van der Waals surface area contributed by atoms with Gasteiger partial charge in [0.1, 0.15) is 5.66 Å². The molecule has 2 amide bonds. The molecule has 1 atom stereocenters. The van der Waals surface area contributed by atoms with Gasteiger partial charge in [0.05, 0.1) is 22.5 Å². The fourth-order valence-electron chi connectivity index (χ4n) is 3.70. The molecule has 0 aromatic heterocycles. The Morgan fingerprint density at radius 2 is 1.81 bits per heavy atom. The van der Waals surface area contributed by atoms with Crippen LogP contribution < -0.4 is 10.3 Å². The summed E-state index contributed by atoms with van der Waals surface area (Å²) < 4.78 is 39.0. The molecule has 1 N–H and O–H groups in total. The molecule has 5 nitrogen and oxygen atoms in total. The van der Waals surface area contributed by atoms with Crippen LogP contribution in [0.1, 0.15) is 35.7 Å². The molecule has 0 saturated carbocycles. The second kappa shape index (κ2) is 5.73. The molecule has 140 valence electrons. The molecular formula is C19H16F3N3O2. The van der Waals surface area contributed by atoms with Crippen molar-refractivity contribution in [1.29, 1.82) is 0 Å². The van der Waals surface area contributed by atoms with E-state index >= 15 is 0 Å². The Morgan fingerprint density at radius 3 is 2.56 bits per heavy atom. The van der Waals surface area contributed by atoms with Gasteiger partial charge in [-0.1, -0.05) is 18.2 Å². The third-order valence-corrected chi connectivity index (χ3v) is 5.03. The first kappa shape index (κ1) is 17.4. The van der Waals surface area contributed by atoms with Gasteiger partial charge in [-0.25, -0.2) is 5.01 Å². The maximum Gasteiger partial charge on any atom is 0.416 e. The third-order valence-electron chi connectivity index (χ3n) is 5.03. The number of hydrazine groups is 1. The zero-order valence-electron chi connectivity index (χ0n) is 14.4. The van der Waals surface area contributed by atoms with Gasteiger partial charge >= 0.3 is 6.18 Å². The lowest BCUT2D eigenvalue weighted by Gasteiger charge is -2.48. The van der Waals surface area contributed by atoms with Crippen molar-refractivity contribution in [2.45, 2.75) is 31.6 Å². The highest BCUT2D eigenvalue weighted by atomic mass is 19.4. The molecule has 4 rings (SSSR count). The molecule has 0 aliphatic carbocycles. The molecule has 2 aliphatic heterocycles. The summed E-state index contributed by atoms with van der Waals surface area (Å²) in [6.07, 6.45) is -3.87. The van der Waals surface area contributed by atoms with E-state index in [4.69, 9.17) is 0 Å². The van der Waals surface area contributed by atoms with E-state index in [1.807, 2.05) is 0 Å². The van der Waals surface area contributed by atoms with Crippen molar-refractivity contribution >= 4 is 23.2 Å². The van der Waals surface area contributed by atoms with Crippen LogP contribution in [0.4, 0.5) is 24.5 Å². The average molecular weight is 375 g/mol. The molecule has 2 aliphatic rings. The first-order chi connectivity index (χ1) is 12.7. The van der Waals surface area contributed by atoms with E-state index in [2.05, 4.69) is 5.43 Å². The minimum absolute atomic E-state index is 0.123. The Bertz CT molecular complexity index is 944. The van der Waals surface area contributed by atoms with Crippen LogP contribution in [0.15, 0.2) is 48.5 Å². The van der Waals surface area contributed by atoms with Gasteiger partial charge in [-0.3, -0.25) is 19.9 Å². The molecular weight excluding hydrogens is 359 g/mol. The molecule has 2 aromatic carbocycles. The molecule has 1 fully saturated rings. The van der Waals surface area contributed by atoms with Crippen molar-refractivity contribution in [2.75, 3.05) is 10.3 Å². The van der Waals surface area contributed by atoms with Crippen LogP contribution in [-0.2, 0) is 11.0 Å². The van der Waals surface area contributed by atoms with Gasteiger partial charge in [-0.05, 0) is 37.3 Å². The largest absolute Gasteiger partial charge is 0.416 e. The lowest BCUT2D eigenvalue weighted by Crippen LogP contribution is -2.64. The quantitative estimate of drug-likeness (QED) is 0.862. The van der Waals surface area contributed by atoms with Crippen LogP contribution in [0.5, 0.6) is 0 Å². The lowest BCUT2D eigenvalue weighted by molar-refractivity contribution is -0.137. The summed E-state index contributed by atoms with van der Waals surface area (Å²) in [6, 6.07) is 11.4. The van der Waals surface area contributed by atoms with E-state index < -0.39 is 23.3 Å². The number of nitrogens with one attached hydrogen (secondary N) is 1. The van der Waals surface area contributed by atoms with Crippen LogP contribution in [0.3, 0.4) is 0 Å². The van der Waals surface area contributed by atoms with Crippen molar-refractivity contribution in [3.05, 3.63) is 59.7 Å². The number of anilines is 2. The number of fused-ring (bicyclic) bond motifs is 3. The Balaban J connectivity index is 1.77. The summed E-state index contributed by atoms with van der Waals surface area (Å²) in [4.78, 5) is 27.1. The molecule has 2 aromatic rings. The highest BCUT2D eigenvalue weighted by Gasteiger charge is 2.53. The number of hydrogen-bond donors (Lipinski definition) is 1. The van der Waals surface area contributed by atoms with Gasteiger partial charge in [0.2, 0.25) is 5.91 Å². The number of amides is 2. The topological polar surface area (TPSA) is 52.7 Å². The van der Waals surface area contributed by atoms with E-state index in [9.17, 15) is 22.8 Å². The SMILES string of the molecule is CC12CCC(=O)N1c1ccccc1C(=O)N2Nc1cccc(C(F)(F)F)c1. The number of carbonyl (C=O) groups is 2. The number of rotatable bonds is 2. The van der Waals surface area contributed by atoms with Crippen LogP contribution >= 0.6 is 0 Å². The van der Waals surface area contributed by atoms with Gasteiger partial charge < -0.3 is 0 Å². The Kier molecular flexibility index (Phi) is 3.69. The van der Waals surface area contributed by atoms with Crippen molar-refractivity contribution in [3.8, 4) is 0 Å². The number of halogens is 3. The fraction of sp³-hybridized carbons (Fsp3) is 0.263. The second-order valence-corrected chi connectivity index (χ2v) is 6.79. The van der Waals surface area contributed by atoms with Crippen molar-refractivity contribution in [1.82, 2.24) is 5.01 Å². The Morgan fingerprint density at radius 1 is 1.07 bits per heavy atom. The van der Waals surface area contributed by atoms with E-state index in [1.54, 1.807) is 36.1 Å². The number of nitrogens with zero attached hydrogens (tertiary/aromatic N) is 2. The average Bonchev–Trinajstić information content (AvgIpc) is 2.94. The summed E-state index contributed by atoms with van der Waals surface area (Å²) in [7, 11) is 0. The summed E-state index contributed by atoms with van der Waals surface area (Å²) in [5.41, 5.74) is 1.96. The second-order valence-electron chi connectivity index (χ2n) is 6.79. The van der Waals surface area contributed by atoms with E-state index in [0.29, 0.717) is 17.7 Å². The van der Waals surface area contributed by atoms with E-state index in [-0.39, 0.29) is 18.0 Å².